The van der Waals surface area contributed by atoms with Crippen molar-refractivity contribution >= 4 is 37.7 Å². The lowest BCUT2D eigenvalue weighted by Crippen LogP contribution is -2.53. The second kappa shape index (κ2) is 7.60. The number of para-hydroxylation sites is 1. The number of oxazole rings is 1. The third-order valence-electron chi connectivity index (χ3n) is 6.20. The molecule has 1 saturated heterocycles. The van der Waals surface area contributed by atoms with Gasteiger partial charge in [-0.1, -0.05) is 42.5 Å². The third kappa shape index (κ3) is 3.55. The Balaban J connectivity index is 1.54. The van der Waals surface area contributed by atoms with Crippen molar-refractivity contribution in [3.05, 3.63) is 60.7 Å². The van der Waals surface area contributed by atoms with E-state index in [0.29, 0.717) is 22.5 Å². The van der Waals surface area contributed by atoms with Crippen molar-refractivity contribution in [2.75, 3.05) is 31.1 Å². The molecule has 0 amide bonds. The fraction of sp³-hybridized carbons (Fsp3) is 0.320. The van der Waals surface area contributed by atoms with Crippen LogP contribution in [0.5, 0.6) is 0 Å². The molecule has 5 rings (SSSR count). The average molecular weight is 450 g/mol. The Kier molecular flexibility index (Phi) is 4.98. The van der Waals surface area contributed by atoms with Gasteiger partial charge in [0.15, 0.2) is 5.58 Å². The first-order valence-corrected chi connectivity index (χ1v) is 12.4. The summed E-state index contributed by atoms with van der Waals surface area (Å²) < 4.78 is 33.4. The molecule has 32 heavy (non-hydrogen) atoms. The van der Waals surface area contributed by atoms with Crippen LogP contribution in [-0.4, -0.2) is 50.0 Å². The summed E-state index contributed by atoms with van der Waals surface area (Å²) in [6, 6.07) is 18.5. The molecule has 7 heteroatoms. The zero-order chi connectivity index (χ0) is 22.5. The monoisotopic (exact) mass is 449 g/mol. The van der Waals surface area contributed by atoms with Gasteiger partial charge in [0.2, 0.25) is 9.84 Å². The average Bonchev–Trinajstić information content (AvgIpc) is 3.22. The Bertz CT molecular complexity index is 1390. The minimum Gasteiger partial charge on any atom is -0.423 e. The van der Waals surface area contributed by atoms with E-state index in [0.717, 1.165) is 31.6 Å². The number of hydrogen-bond acceptors (Lipinski definition) is 6. The molecule has 1 fully saturated rings. The van der Waals surface area contributed by atoms with Gasteiger partial charge in [-0.05, 0) is 44.4 Å². The Morgan fingerprint density at radius 3 is 2.25 bits per heavy atom. The van der Waals surface area contributed by atoms with Crippen LogP contribution in [0.2, 0.25) is 0 Å². The van der Waals surface area contributed by atoms with Gasteiger partial charge < -0.3 is 9.32 Å². The molecule has 0 bridgehead atoms. The lowest BCUT2D eigenvalue weighted by Gasteiger charge is -2.41. The van der Waals surface area contributed by atoms with E-state index in [9.17, 15) is 8.42 Å². The molecule has 0 radical (unpaired) electrons. The van der Waals surface area contributed by atoms with Gasteiger partial charge in [-0.2, -0.15) is 4.98 Å². The van der Waals surface area contributed by atoms with Crippen molar-refractivity contribution in [3.63, 3.8) is 0 Å². The van der Waals surface area contributed by atoms with Crippen LogP contribution < -0.4 is 4.90 Å². The van der Waals surface area contributed by atoms with Crippen molar-refractivity contribution in [3.8, 4) is 0 Å². The summed E-state index contributed by atoms with van der Waals surface area (Å²) >= 11 is 0. The third-order valence-corrected chi connectivity index (χ3v) is 8.04. The molecular weight excluding hydrogens is 422 g/mol. The summed E-state index contributed by atoms with van der Waals surface area (Å²) in [4.78, 5) is 9.64. The summed E-state index contributed by atoms with van der Waals surface area (Å²) in [6.07, 6.45) is 0. The Morgan fingerprint density at radius 1 is 0.844 bits per heavy atom. The summed E-state index contributed by atoms with van der Waals surface area (Å²) in [5.74, 6) is 0. The van der Waals surface area contributed by atoms with E-state index < -0.39 is 9.84 Å². The van der Waals surface area contributed by atoms with E-state index in [-0.39, 0.29) is 15.3 Å². The lowest BCUT2D eigenvalue weighted by atomic mass is 10.1. The van der Waals surface area contributed by atoms with Gasteiger partial charge in [0.25, 0.3) is 6.01 Å². The minimum absolute atomic E-state index is 0.118. The van der Waals surface area contributed by atoms with Crippen molar-refractivity contribution in [1.29, 1.82) is 0 Å². The van der Waals surface area contributed by atoms with Crippen molar-refractivity contribution in [2.24, 2.45) is 0 Å². The number of anilines is 1. The Hall–Kier alpha value is -2.90. The van der Waals surface area contributed by atoms with Crippen LogP contribution in [0.3, 0.4) is 0 Å². The number of nitrogens with zero attached hydrogens (tertiary/aromatic N) is 3. The molecule has 3 aromatic carbocycles. The summed E-state index contributed by atoms with van der Waals surface area (Å²) in [6.45, 7) is 10.0. The van der Waals surface area contributed by atoms with Crippen LogP contribution >= 0.6 is 0 Å². The fourth-order valence-electron chi connectivity index (χ4n) is 4.38. The van der Waals surface area contributed by atoms with Gasteiger partial charge in [-0.3, -0.25) is 4.90 Å². The van der Waals surface area contributed by atoms with E-state index >= 15 is 0 Å². The normalized spacial score (nSPS) is 16.2. The summed E-state index contributed by atoms with van der Waals surface area (Å²) in [5, 5.41) is 1.59. The highest BCUT2D eigenvalue weighted by Crippen LogP contribution is 2.34. The van der Waals surface area contributed by atoms with E-state index in [1.807, 2.05) is 30.3 Å². The van der Waals surface area contributed by atoms with Crippen LogP contribution in [0.4, 0.5) is 6.01 Å². The molecule has 0 N–H and O–H groups in total. The van der Waals surface area contributed by atoms with Crippen molar-refractivity contribution in [2.45, 2.75) is 36.1 Å². The zero-order valence-electron chi connectivity index (χ0n) is 18.6. The summed E-state index contributed by atoms with van der Waals surface area (Å²) in [5.41, 5.74) is 0.987. The SMILES string of the molecule is CC(C)(C)N1CCN(c2nc3c(S(=O)(=O)c4cccc5ccccc45)cccc3o2)CC1. The Labute approximate surface area is 188 Å². The molecule has 0 unspecified atom stereocenters. The van der Waals surface area contributed by atoms with Gasteiger partial charge in [0.1, 0.15) is 10.4 Å². The number of rotatable bonds is 3. The molecule has 0 saturated carbocycles. The standard InChI is InChI=1S/C25H27N3O3S/c1-25(2,3)28-16-14-27(15-17-28)24-26-23-20(31-24)11-7-13-22(23)32(29,30)21-12-6-9-18-8-4-5-10-19(18)21/h4-13H,14-17H2,1-3H3. The first-order chi connectivity index (χ1) is 15.2. The molecule has 0 aliphatic carbocycles. The van der Waals surface area contributed by atoms with Gasteiger partial charge >= 0.3 is 0 Å². The largest absolute Gasteiger partial charge is 0.423 e. The molecule has 0 atom stereocenters. The van der Waals surface area contributed by atoms with Crippen molar-refractivity contribution in [1.82, 2.24) is 9.88 Å². The predicted octanol–water partition coefficient (Wildman–Crippen LogP) is 4.73. The lowest BCUT2D eigenvalue weighted by molar-refractivity contribution is 0.127. The van der Waals surface area contributed by atoms with Crippen LogP contribution in [0.15, 0.2) is 74.9 Å². The van der Waals surface area contributed by atoms with Crippen LogP contribution in [0, 0.1) is 0 Å². The quantitative estimate of drug-likeness (QED) is 0.450. The van der Waals surface area contributed by atoms with E-state index in [4.69, 9.17) is 4.42 Å². The van der Waals surface area contributed by atoms with Crippen LogP contribution in [0.1, 0.15) is 20.8 Å². The maximum Gasteiger partial charge on any atom is 0.298 e. The molecule has 1 aliphatic heterocycles. The highest BCUT2D eigenvalue weighted by Gasteiger charge is 2.29. The number of piperazine rings is 1. The molecule has 1 aromatic heterocycles. The zero-order valence-corrected chi connectivity index (χ0v) is 19.4. The maximum absolute atomic E-state index is 13.7. The molecule has 6 nitrogen and oxygen atoms in total. The van der Waals surface area contributed by atoms with Crippen molar-refractivity contribution < 1.29 is 12.8 Å². The maximum atomic E-state index is 13.7. The first kappa shape index (κ1) is 21.0. The molecule has 166 valence electrons. The molecule has 1 aliphatic rings. The fourth-order valence-corrected chi connectivity index (χ4v) is 6.01. The molecule has 4 aromatic rings. The van der Waals surface area contributed by atoms with Gasteiger partial charge in [-0.15, -0.1) is 0 Å². The minimum atomic E-state index is -3.79. The number of benzene rings is 3. The van der Waals surface area contributed by atoms with Crippen LogP contribution in [-0.2, 0) is 9.84 Å². The van der Waals surface area contributed by atoms with E-state index in [1.165, 1.54) is 0 Å². The Morgan fingerprint density at radius 2 is 1.50 bits per heavy atom. The topological polar surface area (TPSA) is 66.7 Å². The highest BCUT2D eigenvalue weighted by molar-refractivity contribution is 7.92. The van der Waals surface area contributed by atoms with Gasteiger partial charge in [-0.25, -0.2) is 8.42 Å². The number of fused-ring (bicyclic) bond motifs is 2. The van der Waals surface area contributed by atoms with Crippen LogP contribution in [0.25, 0.3) is 21.9 Å². The number of aromatic nitrogens is 1. The second-order valence-electron chi connectivity index (χ2n) is 9.22. The molecule has 0 spiro atoms. The molecular formula is C25H27N3O3S. The van der Waals surface area contributed by atoms with E-state index in [2.05, 4.69) is 35.6 Å². The smallest absolute Gasteiger partial charge is 0.298 e. The summed E-state index contributed by atoms with van der Waals surface area (Å²) in [7, 11) is -3.79. The highest BCUT2D eigenvalue weighted by atomic mass is 32.2. The molecule has 2 heterocycles. The van der Waals surface area contributed by atoms with Gasteiger partial charge in [0, 0.05) is 37.1 Å². The van der Waals surface area contributed by atoms with E-state index in [1.54, 1.807) is 30.3 Å². The predicted molar refractivity (Wildman–Crippen MR) is 127 cm³/mol. The first-order valence-electron chi connectivity index (χ1n) is 10.9. The second-order valence-corrected chi connectivity index (χ2v) is 11.1. The van der Waals surface area contributed by atoms with Gasteiger partial charge in [0.05, 0.1) is 4.90 Å². The number of sulfone groups is 1. The number of hydrogen-bond donors (Lipinski definition) is 0.